The predicted octanol–water partition coefficient (Wildman–Crippen LogP) is 5.93. The molecule has 0 spiro atoms. The fourth-order valence-electron chi connectivity index (χ4n) is 2.90. The van der Waals surface area contributed by atoms with Crippen molar-refractivity contribution in [3.63, 3.8) is 0 Å². The summed E-state index contributed by atoms with van der Waals surface area (Å²) in [6.07, 6.45) is 5.67. The number of carbonyl (C=O) groups is 2. The van der Waals surface area contributed by atoms with E-state index in [1.165, 1.54) is 11.1 Å². The Morgan fingerprint density at radius 2 is 1.50 bits per heavy atom. The lowest BCUT2D eigenvalue weighted by atomic mass is 9.82. The summed E-state index contributed by atoms with van der Waals surface area (Å²) in [7, 11) is 0. The Bertz CT molecular complexity index is 669. The highest BCUT2D eigenvalue weighted by Gasteiger charge is 2.29. The van der Waals surface area contributed by atoms with Crippen LogP contribution in [0.5, 0.6) is 0 Å². The molecule has 1 aliphatic carbocycles. The van der Waals surface area contributed by atoms with Crippen LogP contribution in [0.25, 0.3) is 0 Å². The summed E-state index contributed by atoms with van der Waals surface area (Å²) >= 11 is 0. The van der Waals surface area contributed by atoms with Gasteiger partial charge in [0.2, 0.25) is 0 Å². The van der Waals surface area contributed by atoms with Crippen LogP contribution in [-0.2, 0) is 19.1 Å². The number of ether oxygens (including phenoxy) is 2. The Morgan fingerprint density at radius 1 is 1.00 bits per heavy atom. The zero-order chi connectivity index (χ0) is 21.6. The number of hydrogen-bond donors (Lipinski definition) is 0. The van der Waals surface area contributed by atoms with Gasteiger partial charge in [-0.05, 0) is 58.8 Å². The molecule has 4 nitrogen and oxygen atoms in total. The largest absolute Gasteiger partial charge is 0.460 e. The fraction of sp³-hybridized carbons (Fsp3) is 0.667. The van der Waals surface area contributed by atoms with E-state index in [0.717, 1.165) is 6.42 Å². The Morgan fingerprint density at radius 3 is 1.96 bits per heavy atom. The third-order valence-electron chi connectivity index (χ3n) is 5.09. The third kappa shape index (κ3) is 7.29. The maximum atomic E-state index is 12.6. The van der Waals surface area contributed by atoms with Crippen molar-refractivity contribution in [1.29, 1.82) is 0 Å². The molecule has 0 aliphatic heterocycles. The van der Waals surface area contributed by atoms with E-state index in [2.05, 4.69) is 46.8 Å². The van der Waals surface area contributed by atoms with E-state index in [-0.39, 0.29) is 17.6 Å². The maximum Gasteiger partial charge on any atom is 0.335 e. The number of allylic oxidation sites excluding steroid dienone is 4. The molecule has 1 atom stereocenters. The van der Waals surface area contributed by atoms with E-state index in [4.69, 9.17) is 9.47 Å². The molecule has 0 fully saturated rings. The van der Waals surface area contributed by atoms with Crippen molar-refractivity contribution < 1.29 is 19.1 Å². The smallest absolute Gasteiger partial charge is 0.335 e. The number of esters is 2. The molecular weight excluding hydrogens is 352 g/mol. The van der Waals surface area contributed by atoms with Gasteiger partial charge in [0.05, 0.1) is 23.4 Å². The first-order valence-corrected chi connectivity index (χ1v) is 10.3. The SMILES string of the molecule is C/C(=C\CC(C)C1=CCC(C(=O)OC(C)C)=C(C(=O)OC(C)C)C1)C(C)(C)C. The molecule has 0 radical (unpaired) electrons. The lowest BCUT2D eigenvalue weighted by molar-refractivity contribution is -0.146. The molecule has 28 heavy (non-hydrogen) atoms. The molecule has 0 bridgehead atoms. The van der Waals surface area contributed by atoms with Crippen molar-refractivity contribution in [2.45, 2.75) is 93.8 Å². The predicted molar refractivity (Wildman–Crippen MR) is 114 cm³/mol. The molecule has 0 aromatic heterocycles. The van der Waals surface area contributed by atoms with Gasteiger partial charge in [0.1, 0.15) is 0 Å². The van der Waals surface area contributed by atoms with Gasteiger partial charge in [0, 0.05) is 6.42 Å². The van der Waals surface area contributed by atoms with E-state index >= 15 is 0 Å². The summed E-state index contributed by atoms with van der Waals surface area (Å²) in [6, 6.07) is 0. The van der Waals surface area contributed by atoms with Crippen LogP contribution in [0, 0.1) is 11.3 Å². The van der Waals surface area contributed by atoms with Crippen LogP contribution in [0.15, 0.2) is 34.4 Å². The monoisotopic (exact) mass is 390 g/mol. The van der Waals surface area contributed by atoms with E-state index in [1.54, 1.807) is 13.8 Å². The van der Waals surface area contributed by atoms with Gasteiger partial charge >= 0.3 is 11.9 Å². The van der Waals surface area contributed by atoms with E-state index in [1.807, 2.05) is 13.8 Å². The summed E-state index contributed by atoms with van der Waals surface area (Å²) in [5.41, 5.74) is 3.55. The average Bonchev–Trinajstić information content (AvgIpc) is 2.56. The molecule has 0 aromatic carbocycles. The van der Waals surface area contributed by atoms with Crippen LogP contribution in [0.1, 0.15) is 81.6 Å². The molecule has 1 rings (SSSR count). The van der Waals surface area contributed by atoms with E-state index < -0.39 is 11.9 Å². The quantitative estimate of drug-likeness (QED) is 0.400. The molecule has 0 saturated heterocycles. The maximum absolute atomic E-state index is 12.6. The summed E-state index contributed by atoms with van der Waals surface area (Å²) in [6.45, 7) is 18.2. The first-order chi connectivity index (χ1) is 12.8. The first-order valence-electron chi connectivity index (χ1n) is 10.3. The zero-order valence-electron chi connectivity index (χ0n) is 19.1. The molecule has 0 heterocycles. The van der Waals surface area contributed by atoms with Gasteiger partial charge in [-0.2, -0.15) is 0 Å². The van der Waals surface area contributed by atoms with Gasteiger partial charge < -0.3 is 9.47 Å². The van der Waals surface area contributed by atoms with Crippen LogP contribution in [0.4, 0.5) is 0 Å². The van der Waals surface area contributed by atoms with Gasteiger partial charge in [-0.15, -0.1) is 0 Å². The zero-order valence-corrected chi connectivity index (χ0v) is 19.1. The second-order valence-corrected chi connectivity index (χ2v) is 9.30. The van der Waals surface area contributed by atoms with Crippen molar-refractivity contribution in [3.8, 4) is 0 Å². The minimum atomic E-state index is -0.419. The normalized spacial score (nSPS) is 17.0. The van der Waals surface area contributed by atoms with Crippen LogP contribution >= 0.6 is 0 Å². The third-order valence-corrected chi connectivity index (χ3v) is 5.09. The lowest BCUT2D eigenvalue weighted by Gasteiger charge is -2.25. The highest BCUT2D eigenvalue weighted by Crippen LogP contribution is 2.33. The summed E-state index contributed by atoms with van der Waals surface area (Å²) in [5.74, 6) is -0.538. The van der Waals surface area contributed by atoms with Gasteiger partial charge in [0.25, 0.3) is 0 Å². The van der Waals surface area contributed by atoms with E-state index in [0.29, 0.717) is 29.9 Å². The van der Waals surface area contributed by atoms with Gasteiger partial charge in [-0.25, -0.2) is 9.59 Å². The number of hydrogen-bond acceptors (Lipinski definition) is 4. The number of rotatable bonds is 7. The first kappa shape index (κ1) is 24.2. The number of carbonyl (C=O) groups excluding carboxylic acids is 2. The van der Waals surface area contributed by atoms with Gasteiger partial charge in [0.15, 0.2) is 0 Å². The topological polar surface area (TPSA) is 52.6 Å². The summed E-state index contributed by atoms with van der Waals surface area (Å²) < 4.78 is 10.7. The second kappa shape index (κ2) is 10.1. The minimum Gasteiger partial charge on any atom is -0.460 e. The molecule has 1 aliphatic rings. The lowest BCUT2D eigenvalue weighted by Crippen LogP contribution is -2.23. The van der Waals surface area contributed by atoms with Crippen LogP contribution in [0.2, 0.25) is 0 Å². The minimum absolute atomic E-state index is 0.153. The van der Waals surface area contributed by atoms with Crippen molar-refractivity contribution in [1.82, 2.24) is 0 Å². The van der Waals surface area contributed by atoms with Crippen molar-refractivity contribution in [2.75, 3.05) is 0 Å². The van der Waals surface area contributed by atoms with Crippen LogP contribution in [-0.4, -0.2) is 24.1 Å². The summed E-state index contributed by atoms with van der Waals surface area (Å²) in [4.78, 5) is 25.1. The highest BCUT2D eigenvalue weighted by atomic mass is 16.5. The fourth-order valence-corrected chi connectivity index (χ4v) is 2.90. The Hall–Kier alpha value is -1.84. The Labute approximate surface area is 171 Å². The van der Waals surface area contributed by atoms with Crippen LogP contribution < -0.4 is 0 Å². The van der Waals surface area contributed by atoms with Gasteiger partial charge in [-0.1, -0.05) is 51.0 Å². The average molecular weight is 391 g/mol. The second-order valence-electron chi connectivity index (χ2n) is 9.30. The van der Waals surface area contributed by atoms with Crippen molar-refractivity contribution in [2.24, 2.45) is 11.3 Å². The molecule has 158 valence electrons. The van der Waals surface area contributed by atoms with Gasteiger partial charge in [-0.3, -0.25) is 0 Å². The van der Waals surface area contributed by atoms with Crippen LogP contribution in [0.3, 0.4) is 0 Å². The Balaban J connectivity index is 3.03. The van der Waals surface area contributed by atoms with Crippen molar-refractivity contribution >= 4 is 11.9 Å². The highest BCUT2D eigenvalue weighted by molar-refractivity contribution is 6.01. The molecule has 1 unspecified atom stereocenters. The van der Waals surface area contributed by atoms with Crippen molar-refractivity contribution in [3.05, 3.63) is 34.4 Å². The molecular formula is C24H38O4. The Kier molecular flexibility index (Phi) is 8.72. The summed E-state index contributed by atoms with van der Waals surface area (Å²) in [5, 5.41) is 0. The molecule has 4 heteroatoms. The van der Waals surface area contributed by atoms with E-state index in [9.17, 15) is 9.59 Å². The standard InChI is InChI=1S/C24H38O4/c1-15(2)27-22(25)20-13-12-19(14-21(20)23(26)28-16(3)4)17(5)10-11-18(6)24(7,8)9/h11-12,15-17H,10,13-14H2,1-9H3/b18-11+. The molecule has 0 aromatic rings. The molecule has 0 amide bonds. The molecule has 0 N–H and O–H groups in total. The molecule has 0 saturated carbocycles.